The zero-order valence-corrected chi connectivity index (χ0v) is 4.53. The molecule has 0 aliphatic heterocycles. The summed E-state index contributed by atoms with van der Waals surface area (Å²) in [6.45, 7) is 2.73. The minimum atomic E-state index is -0.193. The lowest BCUT2D eigenvalue weighted by Crippen LogP contribution is -2.62. The molecule has 4 N–H and O–H groups in total. The van der Waals surface area contributed by atoms with Gasteiger partial charge in [-0.2, -0.15) is 0 Å². The van der Waals surface area contributed by atoms with Crippen LogP contribution in [-0.4, -0.2) is 12.6 Å². The highest BCUT2D eigenvalue weighted by atomic mass is 16.2. The molecule has 0 spiro atoms. The highest BCUT2D eigenvalue weighted by Gasteiger charge is 1.88. The average molecular weight is 103 g/mol. The van der Waals surface area contributed by atoms with Crippen molar-refractivity contribution in [3.05, 3.63) is 0 Å². The van der Waals surface area contributed by atoms with Crippen molar-refractivity contribution in [3.8, 4) is 0 Å². The molecule has 0 unspecified atom stereocenters. The maximum Gasteiger partial charge on any atom is 0.411 e. The highest BCUT2D eigenvalue weighted by molar-refractivity contribution is 5.61. The number of carbonyl (C=O) groups excluding carboxylic acids is 1. The Balaban J connectivity index is 2.82. The van der Waals surface area contributed by atoms with Crippen LogP contribution >= 0.6 is 0 Å². The van der Waals surface area contributed by atoms with Gasteiger partial charge < -0.3 is 5.32 Å². The zero-order chi connectivity index (χ0) is 5.70. The Hall–Kier alpha value is -0.570. The van der Waals surface area contributed by atoms with E-state index in [0.717, 1.165) is 13.0 Å². The number of amides is 2. The number of rotatable bonds is 2. The van der Waals surface area contributed by atoms with E-state index < -0.39 is 0 Å². The molecule has 0 aromatic rings. The van der Waals surface area contributed by atoms with Crippen LogP contribution in [0.5, 0.6) is 0 Å². The summed E-state index contributed by atoms with van der Waals surface area (Å²) in [5.41, 5.74) is 3.13. The summed E-state index contributed by atoms with van der Waals surface area (Å²) in [4.78, 5) is 9.98. The fourth-order valence-corrected chi connectivity index (χ4v) is 0.264. The summed E-state index contributed by atoms with van der Waals surface area (Å²) in [6, 6.07) is -0.193. The Morgan fingerprint density at radius 3 is 2.57 bits per heavy atom. The van der Waals surface area contributed by atoms with Gasteiger partial charge in [0.1, 0.15) is 0 Å². The summed E-state index contributed by atoms with van der Waals surface area (Å²) in [5, 5.41) is 2.55. The first-order chi connectivity index (χ1) is 3.27. The largest absolute Gasteiger partial charge is 0.411 e. The molecule has 0 aliphatic rings. The molecule has 0 heterocycles. The van der Waals surface area contributed by atoms with Crippen LogP contribution < -0.4 is 11.1 Å². The summed E-state index contributed by atoms with van der Waals surface area (Å²) in [5.74, 6) is 0. The van der Waals surface area contributed by atoms with E-state index >= 15 is 0 Å². The Kier molecular flexibility index (Phi) is 3.32. The minimum Gasteiger partial charge on any atom is -0.306 e. The molecule has 3 heteroatoms. The van der Waals surface area contributed by atoms with Gasteiger partial charge in [0.25, 0.3) is 0 Å². The summed E-state index contributed by atoms with van der Waals surface area (Å²) in [6.07, 6.45) is 0.973. The van der Waals surface area contributed by atoms with Crippen molar-refractivity contribution in [2.45, 2.75) is 13.3 Å². The lowest BCUT2D eigenvalue weighted by Gasteiger charge is -1.89. The molecular weight excluding hydrogens is 92.1 g/mol. The Bertz CT molecular complexity index is 62.7. The van der Waals surface area contributed by atoms with E-state index in [9.17, 15) is 4.79 Å². The molecule has 7 heavy (non-hydrogen) atoms. The molecular formula is C4H11N2O+. The number of hydrogen-bond donors (Lipinski definition) is 2. The Morgan fingerprint density at radius 1 is 1.86 bits per heavy atom. The third-order valence-corrected chi connectivity index (χ3v) is 0.572. The van der Waals surface area contributed by atoms with Crippen molar-refractivity contribution < 1.29 is 10.5 Å². The summed E-state index contributed by atoms with van der Waals surface area (Å²) >= 11 is 0. The molecule has 2 amide bonds. The summed E-state index contributed by atoms with van der Waals surface area (Å²) in [7, 11) is 0. The van der Waals surface area contributed by atoms with E-state index in [1.54, 1.807) is 0 Å². The molecule has 0 atom stereocenters. The zero-order valence-electron chi connectivity index (χ0n) is 4.53. The lowest BCUT2D eigenvalue weighted by atomic mass is 10.5. The molecule has 0 saturated heterocycles. The van der Waals surface area contributed by atoms with Crippen LogP contribution in [-0.2, 0) is 0 Å². The highest BCUT2D eigenvalue weighted by Crippen LogP contribution is 1.65. The van der Waals surface area contributed by atoms with Crippen LogP contribution in [0.25, 0.3) is 0 Å². The van der Waals surface area contributed by atoms with Crippen LogP contribution in [0.15, 0.2) is 0 Å². The normalized spacial score (nSPS) is 8.29. The second-order valence-corrected chi connectivity index (χ2v) is 1.35. The van der Waals surface area contributed by atoms with Gasteiger partial charge in [-0.3, -0.25) is 5.73 Å². The number of quaternary nitrogens is 1. The second-order valence-electron chi connectivity index (χ2n) is 1.35. The van der Waals surface area contributed by atoms with Gasteiger partial charge in [0, 0.05) is 6.54 Å². The molecule has 0 rings (SSSR count). The van der Waals surface area contributed by atoms with Crippen molar-refractivity contribution >= 4 is 6.03 Å². The van der Waals surface area contributed by atoms with Gasteiger partial charge in [0.2, 0.25) is 0 Å². The van der Waals surface area contributed by atoms with E-state index in [-0.39, 0.29) is 6.03 Å². The first-order valence-electron chi connectivity index (χ1n) is 2.37. The Labute approximate surface area is 42.9 Å². The van der Waals surface area contributed by atoms with E-state index in [0.29, 0.717) is 0 Å². The van der Waals surface area contributed by atoms with E-state index in [4.69, 9.17) is 0 Å². The van der Waals surface area contributed by atoms with Crippen molar-refractivity contribution in [2.75, 3.05) is 6.54 Å². The van der Waals surface area contributed by atoms with Crippen LogP contribution in [0.4, 0.5) is 4.79 Å². The van der Waals surface area contributed by atoms with Crippen molar-refractivity contribution in [3.63, 3.8) is 0 Å². The predicted molar refractivity (Wildman–Crippen MR) is 26.6 cm³/mol. The first kappa shape index (κ1) is 6.43. The van der Waals surface area contributed by atoms with Crippen LogP contribution in [0.3, 0.4) is 0 Å². The van der Waals surface area contributed by atoms with Gasteiger partial charge in [-0.25, -0.2) is 4.79 Å². The second kappa shape index (κ2) is 3.61. The molecule has 0 fully saturated rings. The van der Waals surface area contributed by atoms with E-state index in [1.165, 1.54) is 0 Å². The molecule has 0 radical (unpaired) electrons. The topological polar surface area (TPSA) is 56.7 Å². The molecule has 0 bridgehead atoms. The summed E-state index contributed by atoms with van der Waals surface area (Å²) < 4.78 is 0. The number of nitrogens with one attached hydrogen (secondary N) is 1. The van der Waals surface area contributed by atoms with Crippen LogP contribution in [0, 0.1) is 0 Å². The smallest absolute Gasteiger partial charge is 0.306 e. The third-order valence-electron chi connectivity index (χ3n) is 0.572. The standard InChI is InChI=1S/C4H10N2O/c1-2-3-6-4(5)7/h2-3H2,1H3,(H3,5,6,7)/p+1. The van der Waals surface area contributed by atoms with Crippen LogP contribution in [0.2, 0.25) is 0 Å². The van der Waals surface area contributed by atoms with E-state index in [1.807, 2.05) is 6.92 Å². The van der Waals surface area contributed by atoms with Crippen molar-refractivity contribution in [1.82, 2.24) is 5.32 Å². The molecule has 42 valence electrons. The average Bonchev–Trinajstić information content (AvgIpc) is 1.61. The molecule has 0 aromatic carbocycles. The monoisotopic (exact) mass is 103 g/mol. The van der Waals surface area contributed by atoms with Gasteiger partial charge >= 0.3 is 6.03 Å². The number of carbonyl (C=O) groups is 1. The fourth-order valence-electron chi connectivity index (χ4n) is 0.264. The predicted octanol–water partition coefficient (Wildman–Crippen LogP) is -0.652. The fraction of sp³-hybridized carbons (Fsp3) is 0.750. The molecule has 3 nitrogen and oxygen atoms in total. The lowest BCUT2D eigenvalue weighted by molar-refractivity contribution is -0.250. The molecule has 0 aliphatic carbocycles. The van der Waals surface area contributed by atoms with Gasteiger partial charge in [-0.1, -0.05) is 6.92 Å². The maximum absolute atomic E-state index is 9.98. The first-order valence-corrected chi connectivity index (χ1v) is 2.37. The van der Waals surface area contributed by atoms with Crippen molar-refractivity contribution in [1.29, 1.82) is 0 Å². The van der Waals surface area contributed by atoms with Gasteiger partial charge in [-0.15, -0.1) is 0 Å². The quantitative estimate of drug-likeness (QED) is 0.479. The maximum atomic E-state index is 9.98. The van der Waals surface area contributed by atoms with Gasteiger partial charge in [-0.05, 0) is 6.42 Å². The van der Waals surface area contributed by atoms with Crippen LogP contribution in [0.1, 0.15) is 13.3 Å². The SMILES string of the molecule is CCCNC([NH3+])=O. The number of hydrogen-bond acceptors (Lipinski definition) is 1. The molecule has 0 aromatic heterocycles. The van der Waals surface area contributed by atoms with Gasteiger partial charge in [0.05, 0.1) is 0 Å². The number of urea groups is 1. The molecule has 0 saturated carbocycles. The van der Waals surface area contributed by atoms with Crippen molar-refractivity contribution in [2.24, 2.45) is 0 Å². The van der Waals surface area contributed by atoms with Gasteiger partial charge in [0.15, 0.2) is 0 Å². The Morgan fingerprint density at radius 2 is 2.43 bits per heavy atom. The minimum absolute atomic E-state index is 0.193. The van der Waals surface area contributed by atoms with E-state index in [2.05, 4.69) is 11.1 Å². The third kappa shape index (κ3) is 5.43.